The topological polar surface area (TPSA) is 6.48 Å². The van der Waals surface area contributed by atoms with E-state index in [1.54, 1.807) is 0 Å². The standard InChI is InChI=1S/C16H28N2/c1-12-7-16(8-13(16)18(12)14(2,3)4)11-17-9-15(10-17)5-6-15/h12-13H,5-11H2,1-4H3/t12-,13-,16+/m1/s1. The fraction of sp³-hybridized carbons (Fsp3) is 1.00. The Hall–Kier alpha value is -0.0800. The van der Waals surface area contributed by atoms with Gasteiger partial charge in [0.2, 0.25) is 0 Å². The molecule has 2 heterocycles. The lowest BCUT2D eigenvalue weighted by Gasteiger charge is -2.42. The highest BCUT2D eigenvalue weighted by Crippen LogP contribution is 2.63. The Morgan fingerprint density at radius 2 is 1.78 bits per heavy atom. The molecule has 2 aliphatic heterocycles. The maximum absolute atomic E-state index is 2.81. The molecule has 0 aromatic carbocycles. The van der Waals surface area contributed by atoms with E-state index in [1.165, 1.54) is 45.3 Å². The monoisotopic (exact) mass is 248 g/mol. The first-order valence-corrected chi connectivity index (χ1v) is 7.85. The maximum atomic E-state index is 2.81. The van der Waals surface area contributed by atoms with Crippen molar-refractivity contribution in [1.29, 1.82) is 0 Å². The van der Waals surface area contributed by atoms with Crippen molar-refractivity contribution >= 4 is 0 Å². The molecule has 102 valence electrons. The summed E-state index contributed by atoms with van der Waals surface area (Å²) in [7, 11) is 0. The van der Waals surface area contributed by atoms with Crippen molar-refractivity contribution in [1.82, 2.24) is 9.80 Å². The maximum Gasteiger partial charge on any atom is 0.0179 e. The first-order valence-electron chi connectivity index (χ1n) is 7.85. The first kappa shape index (κ1) is 11.7. The van der Waals surface area contributed by atoms with Crippen LogP contribution in [0.2, 0.25) is 0 Å². The van der Waals surface area contributed by atoms with Gasteiger partial charge in [0, 0.05) is 42.7 Å². The molecule has 2 saturated carbocycles. The number of nitrogens with zero attached hydrogens (tertiary/aromatic N) is 2. The highest BCUT2D eigenvalue weighted by molar-refractivity contribution is 5.20. The van der Waals surface area contributed by atoms with E-state index in [0.29, 0.717) is 11.0 Å². The summed E-state index contributed by atoms with van der Waals surface area (Å²) >= 11 is 0. The van der Waals surface area contributed by atoms with E-state index in [1.807, 2.05) is 0 Å². The van der Waals surface area contributed by atoms with Gasteiger partial charge in [-0.05, 0) is 58.8 Å². The van der Waals surface area contributed by atoms with Crippen molar-refractivity contribution in [3.05, 3.63) is 0 Å². The molecule has 0 aromatic rings. The molecule has 0 amide bonds. The lowest BCUT2D eigenvalue weighted by Crippen LogP contribution is -2.50. The van der Waals surface area contributed by atoms with Gasteiger partial charge in [-0.1, -0.05) is 0 Å². The van der Waals surface area contributed by atoms with Gasteiger partial charge in [0.05, 0.1) is 0 Å². The van der Waals surface area contributed by atoms with Crippen molar-refractivity contribution in [3.63, 3.8) is 0 Å². The second-order valence-corrected chi connectivity index (χ2v) is 8.86. The number of fused-ring (bicyclic) bond motifs is 1. The minimum absolute atomic E-state index is 0.356. The van der Waals surface area contributed by atoms with Crippen LogP contribution >= 0.6 is 0 Å². The Bertz CT molecular complexity index is 371. The molecule has 0 N–H and O–H groups in total. The molecule has 0 radical (unpaired) electrons. The number of likely N-dealkylation sites (tertiary alicyclic amines) is 2. The van der Waals surface area contributed by atoms with E-state index >= 15 is 0 Å². The van der Waals surface area contributed by atoms with Crippen LogP contribution in [0.3, 0.4) is 0 Å². The summed E-state index contributed by atoms with van der Waals surface area (Å²) in [6, 6.07) is 1.68. The zero-order valence-corrected chi connectivity index (χ0v) is 12.5. The summed E-state index contributed by atoms with van der Waals surface area (Å²) in [6.07, 6.45) is 5.95. The lowest BCUT2D eigenvalue weighted by atomic mass is 9.92. The normalized spacial score (nSPS) is 46.0. The minimum atomic E-state index is 0.356. The average Bonchev–Trinajstić information content (AvgIpc) is 3.02. The average molecular weight is 248 g/mol. The van der Waals surface area contributed by atoms with Crippen LogP contribution < -0.4 is 0 Å². The van der Waals surface area contributed by atoms with Gasteiger partial charge in [-0.2, -0.15) is 0 Å². The molecule has 2 aliphatic carbocycles. The number of hydrogen-bond acceptors (Lipinski definition) is 2. The van der Waals surface area contributed by atoms with Crippen LogP contribution in [0, 0.1) is 10.8 Å². The van der Waals surface area contributed by atoms with Crippen LogP contribution in [0.5, 0.6) is 0 Å². The van der Waals surface area contributed by atoms with Gasteiger partial charge in [0.15, 0.2) is 0 Å². The summed E-state index contributed by atoms with van der Waals surface area (Å²) in [6.45, 7) is 13.9. The van der Waals surface area contributed by atoms with E-state index in [-0.39, 0.29) is 0 Å². The molecule has 0 aromatic heterocycles. The Morgan fingerprint density at radius 1 is 1.11 bits per heavy atom. The summed E-state index contributed by atoms with van der Waals surface area (Å²) in [5, 5.41) is 0. The molecular formula is C16H28N2. The van der Waals surface area contributed by atoms with Crippen molar-refractivity contribution in [3.8, 4) is 0 Å². The molecule has 2 heteroatoms. The fourth-order valence-electron chi connectivity index (χ4n) is 5.25. The Balaban J connectivity index is 1.42. The quantitative estimate of drug-likeness (QED) is 0.741. The van der Waals surface area contributed by atoms with Crippen LogP contribution in [-0.4, -0.2) is 47.1 Å². The Labute approximate surface area is 112 Å². The number of piperidine rings is 1. The number of hydrogen-bond donors (Lipinski definition) is 0. The van der Waals surface area contributed by atoms with E-state index < -0.39 is 0 Å². The van der Waals surface area contributed by atoms with Gasteiger partial charge in [-0.3, -0.25) is 4.90 Å². The van der Waals surface area contributed by atoms with E-state index in [0.717, 1.165) is 17.5 Å². The highest BCUT2D eigenvalue weighted by atomic mass is 15.3. The van der Waals surface area contributed by atoms with Gasteiger partial charge in [-0.25, -0.2) is 0 Å². The zero-order valence-electron chi connectivity index (χ0n) is 12.5. The Morgan fingerprint density at radius 3 is 2.28 bits per heavy atom. The van der Waals surface area contributed by atoms with Crippen LogP contribution in [0.15, 0.2) is 0 Å². The third-order valence-electron chi connectivity index (χ3n) is 6.05. The zero-order chi connectivity index (χ0) is 12.8. The second-order valence-electron chi connectivity index (χ2n) is 8.86. The molecule has 4 fully saturated rings. The van der Waals surface area contributed by atoms with Crippen LogP contribution in [0.25, 0.3) is 0 Å². The van der Waals surface area contributed by atoms with Gasteiger partial charge < -0.3 is 4.90 Å². The third kappa shape index (κ3) is 1.54. The first-order chi connectivity index (χ1) is 8.34. The fourth-order valence-corrected chi connectivity index (χ4v) is 5.25. The molecule has 18 heavy (non-hydrogen) atoms. The molecule has 3 atom stereocenters. The van der Waals surface area contributed by atoms with E-state index in [2.05, 4.69) is 37.5 Å². The summed E-state index contributed by atoms with van der Waals surface area (Å²) in [4.78, 5) is 5.56. The molecule has 1 spiro atoms. The van der Waals surface area contributed by atoms with Crippen LogP contribution in [0.4, 0.5) is 0 Å². The third-order valence-corrected chi connectivity index (χ3v) is 6.05. The predicted molar refractivity (Wildman–Crippen MR) is 74.6 cm³/mol. The summed E-state index contributed by atoms with van der Waals surface area (Å²) in [5.41, 5.74) is 1.87. The predicted octanol–water partition coefficient (Wildman–Crippen LogP) is 2.73. The van der Waals surface area contributed by atoms with E-state index in [4.69, 9.17) is 0 Å². The molecular weight excluding hydrogens is 220 g/mol. The van der Waals surface area contributed by atoms with Crippen molar-refractivity contribution in [2.45, 2.75) is 71.0 Å². The minimum Gasteiger partial charge on any atom is -0.302 e. The van der Waals surface area contributed by atoms with Gasteiger partial charge in [0.25, 0.3) is 0 Å². The van der Waals surface area contributed by atoms with Crippen molar-refractivity contribution in [2.75, 3.05) is 19.6 Å². The summed E-state index contributed by atoms with van der Waals surface area (Å²) in [5.74, 6) is 0. The lowest BCUT2D eigenvalue weighted by molar-refractivity contribution is 0.0579. The van der Waals surface area contributed by atoms with Gasteiger partial charge in [0.1, 0.15) is 0 Å². The second kappa shape index (κ2) is 3.15. The molecule has 4 rings (SSSR count). The molecule has 4 aliphatic rings. The molecule has 2 nitrogen and oxygen atoms in total. The summed E-state index contributed by atoms with van der Waals surface area (Å²) < 4.78 is 0. The highest BCUT2D eigenvalue weighted by Gasteiger charge is 2.66. The van der Waals surface area contributed by atoms with E-state index in [9.17, 15) is 0 Å². The SMILES string of the molecule is C[C@@H]1C[C@@]2(CN3CC4(CC4)C3)C[C@H]2N1C(C)(C)C. The van der Waals surface area contributed by atoms with Crippen molar-refractivity contribution in [2.24, 2.45) is 10.8 Å². The molecule has 0 unspecified atom stereocenters. The number of rotatable bonds is 2. The van der Waals surface area contributed by atoms with Crippen LogP contribution in [0.1, 0.15) is 53.4 Å². The van der Waals surface area contributed by atoms with Crippen molar-refractivity contribution < 1.29 is 0 Å². The Kier molecular flexibility index (Phi) is 2.05. The van der Waals surface area contributed by atoms with Gasteiger partial charge >= 0.3 is 0 Å². The van der Waals surface area contributed by atoms with Crippen LogP contribution in [-0.2, 0) is 0 Å². The van der Waals surface area contributed by atoms with Gasteiger partial charge in [-0.15, -0.1) is 0 Å². The smallest absolute Gasteiger partial charge is 0.0179 e. The largest absolute Gasteiger partial charge is 0.302 e. The molecule has 0 bridgehead atoms. The molecule has 2 saturated heterocycles.